The molecule has 0 heterocycles. The lowest BCUT2D eigenvalue weighted by Gasteiger charge is -2.15. The largest absolute Gasteiger partial charge is 0.462 e. The van der Waals surface area contributed by atoms with Crippen molar-refractivity contribution in [1.29, 1.82) is 0 Å². The average Bonchev–Trinajstić information content (AvgIpc) is 3.79. The Bertz CT molecular complexity index is 1810. The molecule has 1 atom stereocenters. The van der Waals surface area contributed by atoms with E-state index in [0.29, 0.717) is 12.8 Å². The van der Waals surface area contributed by atoms with Crippen molar-refractivity contribution in [2.24, 2.45) is 0 Å². The van der Waals surface area contributed by atoms with Crippen molar-refractivity contribution < 1.29 is 24.2 Å². The number of aliphatic hydroxyl groups is 1. The van der Waals surface area contributed by atoms with Crippen LogP contribution >= 0.6 is 0 Å². The van der Waals surface area contributed by atoms with E-state index >= 15 is 0 Å². The highest BCUT2D eigenvalue weighted by molar-refractivity contribution is 5.70. The van der Waals surface area contributed by atoms with Crippen LogP contribution in [0.3, 0.4) is 0 Å². The number of esters is 2. The highest BCUT2D eigenvalue weighted by atomic mass is 16.6. The number of hydrogen-bond acceptors (Lipinski definition) is 5. The molecule has 0 aromatic carbocycles. The number of rotatable bonds is 79. The minimum atomic E-state index is -0.774. The molecule has 0 radical (unpaired) electrons. The molecule has 0 fully saturated rings. The molecule has 96 heavy (non-hydrogen) atoms. The second-order valence-corrected chi connectivity index (χ2v) is 28.5. The van der Waals surface area contributed by atoms with E-state index in [1.54, 1.807) is 0 Å². The van der Waals surface area contributed by atoms with Gasteiger partial charge in [-0.05, 0) is 103 Å². The number of carbonyl (C=O) groups is 2. The van der Waals surface area contributed by atoms with E-state index in [1.165, 1.54) is 321 Å². The van der Waals surface area contributed by atoms with Gasteiger partial charge in [-0.15, -0.1) is 0 Å². The van der Waals surface area contributed by atoms with Gasteiger partial charge in [-0.1, -0.05) is 431 Å². The predicted molar refractivity (Wildman–Crippen MR) is 426 cm³/mol. The first-order valence-corrected chi connectivity index (χ1v) is 42.4. The van der Waals surface area contributed by atoms with E-state index in [2.05, 4.69) is 123 Å². The molecule has 1 unspecified atom stereocenters. The molecule has 0 saturated heterocycles. The molecule has 5 heteroatoms. The maximum atomic E-state index is 12.4. The summed E-state index contributed by atoms with van der Waals surface area (Å²) in [6.07, 6.45) is 125. The number of carbonyl (C=O) groups excluding carboxylic acids is 2. The fourth-order valence-electron chi connectivity index (χ4n) is 12.8. The summed E-state index contributed by atoms with van der Waals surface area (Å²) in [5, 5.41) is 9.74. The molecule has 0 aromatic heterocycles. The standard InChI is InChI=1S/C91H162O5/c1-3-5-7-9-11-13-15-17-19-21-23-25-27-29-31-33-35-37-39-41-43-45-47-49-51-53-55-57-59-61-63-65-67-69-71-73-75-77-79-81-83-85-90(93)95-88-89(87-92)96-91(94)86-84-82-80-78-76-74-72-70-68-66-64-62-60-58-56-54-52-50-48-46-44-42-40-38-36-34-32-30-28-26-24-22-20-18-16-14-12-10-8-6-4-2/h6,8,12,14-15,17-18,20-21,23-24,26-27,29-30,32,36,38,89,92H,3-5,7,9-11,13,16,19,22,25,28,31,33-35,37,39-88H2,1-2H3/b8-6-,14-12-,17-15-,20-18-,23-21-,26-24-,29-27-,32-30-,38-36-. The molecule has 0 aliphatic heterocycles. The quantitative estimate of drug-likeness (QED) is 0.0373. The molecule has 0 aliphatic carbocycles. The summed E-state index contributed by atoms with van der Waals surface area (Å²) >= 11 is 0. The Morgan fingerprint density at radius 3 is 0.677 bits per heavy atom. The molecule has 1 N–H and O–H groups in total. The molecule has 556 valence electrons. The molecular weight excluding hydrogens is 1170 g/mol. The first kappa shape index (κ1) is 92.6. The van der Waals surface area contributed by atoms with E-state index in [-0.39, 0.29) is 25.2 Å². The van der Waals surface area contributed by atoms with Crippen molar-refractivity contribution in [3.8, 4) is 0 Å². The van der Waals surface area contributed by atoms with Crippen molar-refractivity contribution in [3.63, 3.8) is 0 Å². The minimum Gasteiger partial charge on any atom is -0.462 e. The van der Waals surface area contributed by atoms with Crippen molar-refractivity contribution in [2.45, 2.75) is 444 Å². The van der Waals surface area contributed by atoms with Crippen LogP contribution in [0.15, 0.2) is 109 Å². The predicted octanol–water partition coefficient (Wildman–Crippen LogP) is 30.2. The Labute approximate surface area is 599 Å². The molecular formula is C91H162O5. The van der Waals surface area contributed by atoms with Gasteiger partial charge < -0.3 is 14.6 Å². The summed E-state index contributed by atoms with van der Waals surface area (Å²) in [5.74, 6) is -0.568. The highest BCUT2D eigenvalue weighted by Crippen LogP contribution is 2.20. The van der Waals surface area contributed by atoms with Crippen LogP contribution in [0.1, 0.15) is 438 Å². The summed E-state index contributed by atoms with van der Waals surface area (Å²) in [6, 6.07) is 0. The Kier molecular flexibility index (Phi) is 82.7. The molecule has 0 aromatic rings. The fourth-order valence-corrected chi connectivity index (χ4v) is 12.8. The van der Waals surface area contributed by atoms with E-state index in [9.17, 15) is 14.7 Å². The van der Waals surface area contributed by atoms with Gasteiger partial charge in [0.05, 0.1) is 6.61 Å². The number of allylic oxidation sites excluding steroid dienone is 18. The molecule has 0 bridgehead atoms. The fraction of sp³-hybridized carbons (Fsp3) is 0.780. The van der Waals surface area contributed by atoms with Gasteiger partial charge in [0.1, 0.15) is 6.61 Å². The molecule has 0 saturated carbocycles. The number of unbranched alkanes of at least 4 members (excludes halogenated alkanes) is 53. The molecule has 0 aliphatic rings. The lowest BCUT2D eigenvalue weighted by molar-refractivity contribution is -0.161. The zero-order chi connectivity index (χ0) is 69.0. The van der Waals surface area contributed by atoms with Gasteiger partial charge >= 0.3 is 11.9 Å². The van der Waals surface area contributed by atoms with E-state index in [1.807, 2.05) is 0 Å². The Morgan fingerprint density at radius 1 is 0.250 bits per heavy atom. The molecule has 0 spiro atoms. The smallest absolute Gasteiger partial charge is 0.306 e. The highest BCUT2D eigenvalue weighted by Gasteiger charge is 2.16. The second-order valence-electron chi connectivity index (χ2n) is 28.5. The van der Waals surface area contributed by atoms with Crippen LogP contribution in [0.25, 0.3) is 0 Å². The maximum absolute atomic E-state index is 12.4. The van der Waals surface area contributed by atoms with Crippen LogP contribution < -0.4 is 0 Å². The van der Waals surface area contributed by atoms with Crippen LogP contribution in [0.5, 0.6) is 0 Å². The van der Waals surface area contributed by atoms with Gasteiger partial charge in [-0.2, -0.15) is 0 Å². The Balaban J connectivity index is 3.39. The zero-order valence-corrected chi connectivity index (χ0v) is 64.1. The van der Waals surface area contributed by atoms with E-state index in [0.717, 1.165) is 89.9 Å². The monoisotopic (exact) mass is 1340 g/mol. The van der Waals surface area contributed by atoms with Gasteiger partial charge in [0.2, 0.25) is 0 Å². The third-order valence-corrected chi connectivity index (χ3v) is 19.1. The van der Waals surface area contributed by atoms with Crippen LogP contribution in [-0.4, -0.2) is 36.4 Å². The normalized spacial score (nSPS) is 12.7. The Morgan fingerprint density at radius 2 is 0.448 bits per heavy atom. The zero-order valence-electron chi connectivity index (χ0n) is 64.1. The SMILES string of the molecule is CC/C=C\C/C=C\C/C=C\C/C=C\C/C=C\C/C=C\CCCCCCCCCCCCCCCCCCCCCCCCC(=O)OC(CO)COC(=O)CCCCCCCCCCCCCCCCCCCCCCCCCCCC/C=C\C/C=C\C/C=C\CCCCCCC. The van der Waals surface area contributed by atoms with Crippen LogP contribution in [0.4, 0.5) is 0 Å². The van der Waals surface area contributed by atoms with Crippen molar-refractivity contribution in [1.82, 2.24) is 0 Å². The summed E-state index contributed by atoms with van der Waals surface area (Å²) in [7, 11) is 0. The van der Waals surface area contributed by atoms with Gasteiger partial charge in [0, 0.05) is 12.8 Å². The first-order valence-electron chi connectivity index (χ1n) is 42.4. The Hall–Kier alpha value is -3.44. The first-order chi connectivity index (χ1) is 47.6. The topological polar surface area (TPSA) is 72.8 Å². The van der Waals surface area contributed by atoms with Gasteiger partial charge in [-0.25, -0.2) is 0 Å². The summed E-state index contributed by atoms with van der Waals surface area (Å²) in [5.41, 5.74) is 0. The lowest BCUT2D eigenvalue weighted by atomic mass is 10.0. The number of hydrogen-bond donors (Lipinski definition) is 1. The maximum Gasteiger partial charge on any atom is 0.306 e. The molecule has 5 nitrogen and oxygen atoms in total. The average molecular weight is 1340 g/mol. The van der Waals surface area contributed by atoms with Crippen molar-refractivity contribution in [3.05, 3.63) is 109 Å². The van der Waals surface area contributed by atoms with Crippen LogP contribution in [-0.2, 0) is 19.1 Å². The van der Waals surface area contributed by atoms with Crippen LogP contribution in [0, 0.1) is 0 Å². The van der Waals surface area contributed by atoms with E-state index in [4.69, 9.17) is 9.47 Å². The molecule has 0 rings (SSSR count). The summed E-state index contributed by atoms with van der Waals surface area (Å²) in [4.78, 5) is 24.8. The third-order valence-electron chi connectivity index (χ3n) is 19.1. The van der Waals surface area contributed by atoms with Crippen molar-refractivity contribution in [2.75, 3.05) is 13.2 Å². The van der Waals surface area contributed by atoms with Gasteiger partial charge in [0.25, 0.3) is 0 Å². The van der Waals surface area contributed by atoms with Crippen LogP contribution in [0.2, 0.25) is 0 Å². The second kappa shape index (κ2) is 85.8. The van der Waals surface area contributed by atoms with Crippen molar-refractivity contribution >= 4 is 11.9 Å². The van der Waals surface area contributed by atoms with Gasteiger partial charge in [0.15, 0.2) is 6.10 Å². The van der Waals surface area contributed by atoms with E-state index < -0.39 is 6.10 Å². The summed E-state index contributed by atoms with van der Waals surface area (Å²) < 4.78 is 10.8. The number of ether oxygens (including phenoxy) is 2. The number of aliphatic hydroxyl groups excluding tert-OH is 1. The third kappa shape index (κ3) is 83.0. The van der Waals surface area contributed by atoms with Gasteiger partial charge in [-0.3, -0.25) is 9.59 Å². The molecule has 0 amide bonds. The minimum absolute atomic E-state index is 0.0620. The lowest BCUT2D eigenvalue weighted by Crippen LogP contribution is -2.28. The summed E-state index contributed by atoms with van der Waals surface area (Å²) in [6.45, 7) is 4.07.